The minimum absolute atomic E-state index is 0.0274. The van der Waals surface area contributed by atoms with E-state index >= 15 is 0 Å². The minimum atomic E-state index is -0.182. The lowest BCUT2D eigenvalue weighted by Crippen LogP contribution is -2.42. The van der Waals surface area contributed by atoms with Gasteiger partial charge in [0.25, 0.3) is 0 Å². The number of amides is 1. The number of aromatic nitrogens is 3. The second kappa shape index (κ2) is 9.21. The van der Waals surface area contributed by atoms with Crippen molar-refractivity contribution in [1.29, 1.82) is 0 Å². The van der Waals surface area contributed by atoms with Crippen molar-refractivity contribution in [3.8, 4) is 5.75 Å². The maximum atomic E-state index is 13.2. The van der Waals surface area contributed by atoms with Crippen LogP contribution in [0, 0.1) is 0 Å². The average Bonchev–Trinajstić information content (AvgIpc) is 3.43. The Balaban J connectivity index is 1.28. The van der Waals surface area contributed by atoms with E-state index in [-0.39, 0.29) is 24.1 Å². The lowest BCUT2D eigenvalue weighted by atomic mass is 9.98. The highest BCUT2D eigenvalue weighted by Gasteiger charge is 2.28. The first-order valence-corrected chi connectivity index (χ1v) is 11.5. The second-order valence-corrected chi connectivity index (χ2v) is 8.79. The normalized spacial score (nSPS) is 16.2. The molecule has 1 amide bonds. The van der Waals surface area contributed by atoms with Crippen LogP contribution >= 0.6 is 0 Å². The summed E-state index contributed by atoms with van der Waals surface area (Å²) < 4.78 is 14.5. The van der Waals surface area contributed by atoms with Crippen LogP contribution in [0.4, 0.5) is 0 Å². The number of piperidine rings is 1. The van der Waals surface area contributed by atoms with Gasteiger partial charge in [-0.05, 0) is 42.7 Å². The molecule has 34 heavy (non-hydrogen) atoms. The Labute approximate surface area is 197 Å². The predicted octanol–water partition coefficient (Wildman–Crippen LogP) is 3.33. The third-order valence-electron chi connectivity index (χ3n) is 6.55. The number of carbonyl (C=O) groups is 1. The van der Waals surface area contributed by atoms with Crippen molar-refractivity contribution < 1.29 is 13.9 Å². The van der Waals surface area contributed by atoms with Crippen LogP contribution in [0.5, 0.6) is 5.75 Å². The monoisotopic (exact) mass is 460 g/mol. The van der Waals surface area contributed by atoms with Gasteiger partial charge in [-0.1, -0.05) is 24.3 Å². The Morgan fingerprint density at radius 1 is 1.18 bits per heavy atom. The molecule has 0 radical (unpaired) electrons. The standard InChI is InChI=1S/C26H28N4O4/c1-28-22-10-3-4-11-23(22)30(26(28)32)17-24(31)29-12-6-8-19(16-29)25-27-15-21(34-25)14-18-7-5-9-20(13-18)33-2/h3-5,7,9-11,13,15,19H,6,8,12,14,16-17H2,1-2H3/t19-/m1/s1. The molecule has 1 atom stereocenters. The second-order valence-electron chi connectivity index (χ2n) is 8.79. The van der Waals surface area contributed by atoms with Gasteiger partial charge in [0.15, 0.2) is 5.89 Å². The molecule has 3 heterocycles. The Morgan fingerprint density at radius 3 is 2.82 bits per heavy atom. The van der Waals surface area contributed by atoms with Crippen molar-refractivity contribution >= 4 is 16.9 Å². The fraction of sp³-hybridized carbons (Fsp3) is 0.346. The van der Waals surface area contributed by atoms with Crippen LogP contribution in [0.1, 0.15) is 36.0 Å². The van der Waals surface area contributed by atoms with E-state index in [2.05, 4.69) is 4.98 Å². The largest absolute Gasteiger partial charge is 0.497 e. The Bertz CT molecular complexity index is 1380. The van der Waals surface area contributed by atoms with Gasteiger partial charge in [-0.15, -0.1) is 0 Å². The van der Waals surface area contributed by atoms with E-state index in [1.165, 1.54) is 0 Å². The summed E-state index contributed by atoms with van der Waals surface area (Å²) >= 11 is 0. The number of nitrogens with zero attached hydrogens (tertiary/aromatic N) is 4. The third kappa shape index (κ3) is 4.23. The number of rotatable bonds is 6. The van der Waals surface area contributed by atoms with Crippen LogP contribution in [-0.2, 0) is 24.8 Å². The van der Waals surface area contributed by atoms with Crippen molar-refractivity contribution in [3.63, 3.8) is 0 Å². The number of fused-ring (bicyclic) bond motifs is 1. The number of benzene rings is 2. The van der Waals surface area contributed by atoms with E-state index in [0.717, 1.165) is 40.9 Å². The van der Waals surface area contributed by atoms with Gasteiger partial charge in [-0.25, -0.2) is 9.78 Å². The summed E-state index contributed by atoms with van der Waals surface area (Å²) in [7, 11) is 3.38. The van der Waals surface area contributed by atoms with Gasteiger partial charge in [0.1, 0.15) is 18.1 Å². The summed E-state index contributed by atoms with van der Waals surface area (Å²) in [5.41, 5.74) is 2.49. The van der Waals surface area contributed by atoms with E-state index in [1.807, 2.05) is 53.4 Å². The highest BCUT2D eigenvalue weighted by Crippen LogP contribution is 2.28. The molecule has 0 bridgehead atoms. The Morgan fingerprint density at radius 2 is 2.00 bits per heavy atom. The number of carbonyl (C=O) groups excluding carboxylic acids is 1. The number of imidazole rings is 1. The van der Waals surface area contributed by atoms with Gasteiger partial charge in [0.05, 0.1) is 30.3 Å². The third-order valence-corrected chi connectivity index (χ3v) is 6.55. The number of hydrogen-bond donors (Lipinski definition) is 0. The summed E-state index contributed by atoms with van der Waals surface area (Å²) in [6.45, 7) is 1.24. The van der Waals surface area contributed by atoms with Crippen LogP contribution in [0.25, 0.3) is 11.0 Å². The number of ether oxygens (including phenoxy) is 1. The summed E-state index contributed by atoms with van der Waals surface area (Å²) in [6, 6.07) is 15.4. The highest BCUT2D eigenvalue weighted by molar-refractivity contribution is 5.81. The molecule has 2 aromatic carbocycles. The molecule has 5 rings (SSSR count). The molecule has 1 saturated heterocycles. The summed E-state index contributed by atoms with van der Waals surface area (Å²) in [5.74, 6) is 2.24. The number of hydrogen-bond acceptors (Lipinski definition) is 5. The first-order chi connectivity index (χ1) is 16.5. The van der Waals surface area contributed by atoms with E-state index in [9.17, 15) is 9.59 Å². The molecule has 0 aliphatic carbocycles. The zero-order valence-corrected chi connectivity index (χ0v) is 19.4. The van der Waals surface area contributed by atoms with Gasteiger partial charge in [0.2, 0.25) is 5.91 Å². The number of likely N-dealkylation sites (tertiary alicyclic amines) is 1. The van der Waals surface area contributed by atoms with Crippen LogP contribution in [0.15, 0.2) is 63.9 Å². The van der Waals surface area contributed by atoms with E-state index < -0.39 is 0 Å². The van der Waals surface area contributed by atoms with Gasteiger partial charge in [-0.3, -0.25) is 13.9 Å². The molecule has 8 heteroatoms. The highest BCUT2D eigenvalue weighted by atomic mass is 16.5. The molecule has 8 nitrogen and oxygen atoms in total. The van der Waals surface area contributed by atoms with Gasteiger partial charge >= 0.3 is 5.69 Å². The number of para-hydroxylation sites is 2. The number of aryl methyl sites for hydroxylation is 1. The van der Waals surface area contributed by atoms with Gasteiger partial charge in [0, 0.05) is 26.6 Å². The number of methoxy groups -OCH3 is 1. The molecule has 1 aliphatic heterocycles. The molecule has 1 aliphatic rings. The van der Waals surface area contributed by atoms with Crippen molar-refractivity contribution in [2.75, 3.05) is 20.2 Å². The quantitative estimate of drug-likeness (QED) is 0.441. The lowest BCUT2D eigenvalue weighted by molar-refractivity contribution is -0.133. The van der Waals surface area contributed by atoms with Gasteiger partial charge in [-0.2, -0.15) is 0 Å². The average molecular weight is 461 g/mol. The first kappa shape index (κ1) is 22.0. The van der Waals surface area contributed by atoms with Crippen molar-refractivity contribution in [1.82, 2.24) is 19.0 Å². The zero-order valence-electron chi connectivity index (χ0n) is 19.4. The van der Waals surface area contributed by atoms with Gasteiger partial charge < -0.3 is 14.1 Å². The van der Waals surface area contributed by atoms with E-state index in [1.54, 1.807) is 29.5 Å². The zero-order chi connectivity index (χ0) is 23.7. The molecule has 2 aromatic heterocycles. The summed E-state index contributed by atoms with van der Waals surface area (Å²) in [4.78, 5) is 32.2. The fourth-order valence-electron chi connectivity index (χ4n) is 4.73. The smallest absolute Gasteiger partial charge is 0.329 e. The van der Waals surface area contributed by atoms with E-state index in [4.69, 9.17) is 9.15 Å². The number of oxazole rings is 1. The lowest BCUT2D eigenvalue weighted by Gasteiger charge is -2.31. The van der Waals surface area contributed by atoms with Crippen LogP contribution in [-0.4, -0.2) is 45.1 Å². The SMILES string of the molecule is COc1cccc(Cc2cnc([C@@H]3CCCN(C(=O)Cn4c(=O)n(C)c5ccccc54)C3)o2)c1. The van der Waals surface area contributed by atoms with Crippen LogP contribution in [0.3, 0.4) is 0 Å². The van der Waals surface area contributed by atoms with E-state index in [0.29, 0.717) is 25.4 Å². The molecular formula is C26H28N4O4. The Hall–Kier alpha value is -3.81. The maximum Gasteiger partial charge on any atom is 0.329 e. The molecule has 0 unspecified atom stereocenters. The summed E-state index contributed by atoms with van der Waals surface area (Å²) in [6.07, 6.45) is 4.18. The molecular weight excluding hydrogens is 432 g/mol. The predicted molar refractivity (Wildman–Crippen MR) is 128 cm³/mol. The molecule has 0 N–H and O–H groups in total. The molecule has 176 valence electrons. The fourth-order valence-corrected chi connectivity index (χ4v) is 4.73. The maximum absolute atomic E-state index is 13.2. The first-order valence-electron chi connectivity index (χ1n) is 11.5. The van der Waals surface area contributed by atoms with Crippen molar-refractivity contribution in [3.05, 3.63) is 82.4 Å². The molecule has 0 saturated carbocycles. The summed E-state index contributed by atoms with van der Waals surface area (Å²) in [5, 5.41) is 0. The topological polar surface area (TPSA) is 82.5 Å². The minimum Gasteiger partial charge on any atom is -0.497 e. The van der Waals surface area contributed by atoms with Crippen LogP contribution < -0.4 is 10.4 Å². The van der Waals surface area contributed by atoms with Crippen molar-refractivity contribution in [2.24, 2.45) is 7.05 Å². The molecule has 1 fully saturated rings. The molecule has 4 aromatic rings. The molecule has 0 spiro atoms. The van der Waals surface area contributed by atoms with Crippen LogP contribution in [0.2, 0.25) is 0 Å². The Kier molecular flexibility index (Phi) is 5.96. The van der Waals surface area contributed by atoms with Crippen molar-refractivity contribution in [2.45, 2.75) is 31.7 Å².